The summed E-state index contributed by atoms with van der Waals surface area (Å²) in [5.41, 5.74) is 2.48. The van der Waals surface area contributed by atoms with Crippen molar-refractivity contribution in [1.29, 1.82) is 0 Å². The number of benzene rings is 1. The molecule has 3 rings (SSSR count). The summed E-state index contributed by atoms with van der Waals surface area (Å²) in [6.07, 6.45) is 3.06. The molecule has 7 nitrogen and oxygen atoms in total. The van der Waals surface area contributed by atoms with E-state index in [1.165, 1.54) is 0 Å². The number of aliphatic hydroxyl groups is 1. The van der Waals surface area contributed by atoms with Crippen molar-refractivity contribution in [2.75, 3.05) is 20.8 Å². The molecule has 2 heterocycles. The Morgan fingerprint density at radius 1 is 1.28 bits per heavy atom. The third kappa shape index (κ3) is 3.41. The molecule has 134 valence electrons. The summed E-state index contributed by atoms with van der Waals surface area (Å²) in [5, 5.41) is 13.4. The summed E-state index contributed by atoms with van der Waals surface area (Å²) < 4.78 is 12.7. The average molecular weight is 345 g/mol. The van der Waals surface area contributed by atoms with Gasteiger partial charge in [-0.25, -0.2) is 4.79 Å². The van der Waals surface area contributed by atoms with E-state index in [0.29, 0.717) is 30.2 Å². The van der Waals surface area contributed by atoms with Crippen LogP contribution in [0.25, 0.3) is 0 Å². The zero-order valence-corrected chi connectivity index (χ0v) is 14.7. The molecular weight excluding hydrogens is 322 g/mol. The van der Waals surface area contributed by atoms with Crippen LogP contribution in [0.15, 0.2) is 30.6 Å². The second-order valence-electron chi connectivity index (χ2n) is 6.10. The molecular formula is C18H23N3O4. The maximum absolute atomic E-state index is 12.5. The number of fused-ring (bicyclic) bond motifs is 1. The number of methoxy groups -OCH3 is 2. The van der Waals surface area contributed by atoms with Gasteiger partial charge in [0.25, 0.3) is 0 Å². The second-order valence-corrected chi connectivity index (χ2v) is 6.10. The van der Waals surface area contributed by atoms with E-state index in [1.807, 2.05) is 30.1 Å². The number of carbonyl (C=O) groups excluding carboxylic acids is 1. The number of nitrogens with zero attached hydrogens (tertiary/aromatic N) is 2. The lowest BCUT2D eigenvalue weighted by Crippen LogP contribution is -2.44. The minimum absolute atomic E-state index is 0.206. The number of urea groups is 1. The first-order valence-electron chi connectivity index (χ1n) is 8.09. The predicted octanol–water partition coefficient (Wildman–Crippen LogP) is 1.80. The van der Waals surface area contributed by atoms with E-state index in [1.54, 1.807) is 31.3 Å². The van der Waals surface area contributed by atoms with Crippen molar-refractivity contribution in [1.82, 2.24) is 14.8 Å². The first-order valence-corrected chi connectivity index (χ1v) is 8.09. The minimum atomic E-state index is -0.823. The second kappa shape index (κ2) is 7.06. The van der Waals surface area contributed by atoms with Crippen molar-refractivity contribution < 1.29 is 19.4 Å². The average Bonchev–Trinajstić information content (AvgIpc) is 3.03. The van der Waals surface area contributed by atoms with Crippen molar-refractivity contribution in [2.45, 2.75) is 19.2 Å². The van der Waals surface area contributed by atoms with Gasteiger partial charge in [-0.2, -0.15) is 0 Å². The number of ether oxygens (including phenoxy) is 2. The van der Waals surface area contributed by atoms with Gasteiger partial charge in [0.15, 0.2) is 0 Å². The molecule has 0 bridgehead atoms. The third-order valence-electron chi connectivity index (χ3n) is 4.41. The van der Waals surface area contributed by atoms with Crippen LogP contribution in [0.3, 0.4) is 0 Å². The number of amides is 2. The zero-order valence-electron chi connectivity index (χ0n) is 14.7. The van der Waals surface area contributed by atoms with E-state index in [9.17, 15) is 9.90 Å². The number of aryl methyl sites for hydroxylation is 1. The van der Waals surface area contributed by atoms with Crippen LogP contribution >= 0.6 is 0 Å². The normalized spacial score (nSPS) is 16.3. The van der Waals surface area contributed by atoms with Crippen LogP contribution < -0.4 is 14.8 Å². The Bertz CT molecular complexity index is 772. The molecule has 0 spiro atoms. The van der Waals surface area contributed by atoms with Gasteiger partial charge in [-0.05, 0) is 23.8 Å². The molecule has 0 saturated heterocycles. The zero-order chi connectivity index (χ0) is 18.0. The van der Waals surface area contributed by atoms with E-state index in [2.05, 4.69) is 5.32 Å². The lowest BCUT2D eigenvalue weighted by Gasteiger charge is -2.34. The van der Waals surface area contributed by atoms with Crippen LogP contribution in [0.5, 0.6) is 11.5 Å². The molecule has 25 heavy (non-hydrogen) atoms. The highest BCUT2D eigenvalue weighted by Gasteiger charge is 2.31. The molecule has 1 aliphatic heterocycles. The Morgan fingerprint density at radius 2 is 2.00 bits per heavy atom. The summed E-state index contributed by atoms with van der Waals surface area (Å²) in [6.45, 7) is 0.999. The number of β-amino-alcohol motifs (C(OH)–C–C–N with tert-alkyl or cyclic N) is 1. The molecule has 7 heteroatoms. The Morgan fingerprint density at radius 3 is 2.64 bits per heavy atom. The smallest absolute Gasteiger partial charge is 0.318 e. The van der Waals surface area contributed by atoms with Crippen molar-refractivity contribution in [3.63, 3.8) is 0 Å². The standard InChI is InChI=1S/C18H23N3O4/c1-20-7-6-12(9-20)8-19-18(23)21-10-13-15(24-2)4-5-16(25-3)17(13)14(22)11-21/h4-7,9,14,22H,8,10-11H2,1-3H3,(H,19,23)/t14-/m1/s1. The van der Waals surface area contributed by atoms with Crippen LogP contribution in [0, 0.1) is 0 Å². The van der Waals surface area contributed by atoms with E-state index < -0.39 is 6.10 Å². The number of rotatable bonds is 4. The van der Waals surface area contributed by atoms with E-state index >= 15 is 0 Å². The Labute approximate surface area is 146 Å². The van der Waals surface area contributed by atoms with Gasteiger partial charge in [0.1, 0.15) is 17.6 Å². The number of carbonyl (C=O) groups is 1. The van der Waals surface area contributed by atoms with E-state index in [4.69, 9.17) is 9.47 Å². The summed E-state index contributed by atoms with van der Waals surface area (Å²) >= 11 is 0. The van der Waals surface area contributed by atoms with Gasteiger partial charge in [-0.15, -0.1) is 0 Å². The quantitative estimate of drug-likeness (QED) is 0.886. The van der Waals surface area contributed by atoms with Crippen LogP contribution in [0.4, 0.5) is 4.79 Å². The van der Waals surface area contributed by atoms with Crippen LogP contribution in [0.2, 0.25) is 0 Å². The summed E-state index contributed by atoms with van der Waals surface area (Å²) in [5.74, 6) is 1.24. The van der Waals surface area contributed by atoms with Crippen LogP contribution in [0.1, 0.15) is 22.8 Å². The van der Waals surface area contributed by atoms with Gasteiger partial charge in [-0.3, -0.25) is 0 Å². The highest BCUT2D eigenvalue weighted by atomic mass is 16.5. The summed E-state index contributed by atoms with van der Waals surface area (Å²) in [6, 6.07) is 5.29. The SMILES string of the molecule is COc1ccc(OC)c2c1CN(C(=O)NCc1ccn(C)c1)C[C@H]2O. The number of aliphatic hydroxyl groups excluding tert-OH is 1. The number of hydrogen-bond donors (Lipinski definition) is 2. The Kier molecular flexibility index (Phi) is 4.85. The maximum Gasteiger partial charge on any atom is 0.318 e. The molecule has 2 amide bonds. The number of aromatic nitrogens is 1. The van der Waals surface area contributed by atoms with E-state index in [-0.39, 0.29) is 12.6 Å². The maximum atomic E-state index is 12.5. The molecule has 1 aromatic carbocycles. The van der Waals surface area contributed by atoms with Crippen molar-refractivity contribution in [3.8, 4) is 11.5 Å². The molecule has 2 aromatic rings. The van der Waals surface area contributed by atoms with Crippen molar-refractivity contribution in [3.05, 3.63) is 47.3 Å². The summed E-state index contributed by atoms with van der Waals surface area (Å²) in [7, 11) is 5.07. The molecule has 1 aromatic heterocycles. The van der Waals surface area contributed by atoms with Gasteiger partial charge in [0.2, 0.25) is 0 Å². The number of hydrogen-bond acceptors (Lipinski definition) is 4. The fourth-order valence-electron chi connectivity index (χ4n) is 3.19. The minimum Gasteiger partial charge on any atom is -0.496 e. The first-order chi connectivity index (χ1) is 12.0. The highest BCUT2D eigenvalue weighted by Crippen LogP contribution is 2.39. The topological polar surface area (TPSA) is 76.0 Å². The van der Waals surface area contributed by atoms with Gasteiger partial charge in [0, 0.05) is 37.1 Å². The molecule has 0 fully saturated rings. The van der Waals surface area contributed by atoms with E-state index in [0.717, 1.165) is 11.1 Å². The predicted molar refractivity (Wildman–Crippen MR) is 92.6 cm³/mol. The Balaban J connectivity index is 1.77. The lowest BCUT2D eigenvalue weighted by molar-refractivity contribution is 0.100. The largest absolute Gasteiger partial charge is 0.496 e. The molecule has 0 radical (unpaired) electrons. The molecule has 0 saturated carbocycles. The summed E-state index contributed by atoms with van der Waals surface area (Å²) in [4.78, 5) is 14.1. The van der Waals surface area contributed by atoms with Gasteiger partial charge in [-0.1, -0.05) is 0 Å². The Hall–Kier alpha value is -2.67. The van der Waals surface area contributed by atoms with Gasteiger partial charge in [0.05, 0.1) is 27.3 Å². The third-order valence-corrected chi connectivity index (χ3v) is 4.41. The van der Waals surface area contributed by atoms with Crippen LogP contribution in [-0.2, 0) is 20.1 Å². The lowest BCUT2D eigenvalue weighted by atomic mass is 9.95. The fourth-order valence-corrected chi connectivity index (χ4v) is 3.19. The van der Waals surface area contributed by atoms with Gasteiger partial charge < -0.3 is 29.4 Å². The fraction of sp³-hybridized carbons (Fsp3) is 0.389. The molecule has 0 unspecified atom stereocenters. The van der Waals surface area contributed by atoms with Gasteiger partial charge >= 0.3 is 6.03 Å². The molecule has 1 aliphatic rings. The molecule has 2 N–H and O–H groups in total. The van der Waals surface area contributed by atoms with Crippen LogP contribution in [-0.4, -0.2) is 41.4 Å². The van der Waals surface area contributed by atoms with Crippen molar-refractivity contribution >= 4 is 6.03 Å². The highest BCUT2D eigenvalue weighted by molar-refractivity contribution is 5.75. The monoisotopic (exact) mass is 345 g/mol. The van der Waals surface area contributed by atoms with Crippen molar-refractivity contribution in [2.24, 2.45) is 7.05 Å². The molecule has 1 atom stereocenters. The number of nitrogens with one attached hydrogen (secondary N) is 1. The molecule has 0 aliphatic carbocycles. The first kappa shape index (κ1) is 17.2.